The summed E-state index contributed by atoms with van der Waals surface area (Å²) in [4.78, 5) is 25.1. The largest absolute Gasteiger partial charge is 0.449 e. The zero-order valence-electron chi connectivity index (χ0n) is 21.1. The van der Waals surface area contributed by atoms with Crippen LogP contribution in [-0.4, -0.2) is 81.0 Å². The molecule has 5 rings (SSSR count). The summed E-state index contributed by atoms with van der Waals surface area (Å²) >= 11 is 0. The maximum atomic E-state index is 12.0. The molecule has 3 aliphatic rings. The first-order valence-corrected chi connectivity index (χ1v) is 13.0. The van der Waals surface area contributed by atoms with Gasteiger partial charge in [0.1, 0.15) is 17.5 Å². The van der Waals surface area contributed by atoms with E-state index in [4.69, 9.17) is 9.84 Å². The summed E-state index contributed by atoms with van der Waals surface area (Å²) in [6, 6.07) is 3.86. The molecule has 11 nitrogen and oxygen atoms in total. The molecule has 5 heterocycles. The third-order valence-electron chi connectivity index (χ3n) is 7.72. The summed E-state index contributed by atoms with van der Waals surface area (Å²) in [5, 5.41) is 20.8. The van der Waals surface area contributed by atoms with Gasteiger partial charge < -0.3 is 25.2 Å². The zero-order chi connectivity index (χ0) is 25.1. The number of nitriles is 1. The number of aryl methyl sites for hydroxylation is 1. The number of nitrogens with zero attached hydrogens (tertiary/aromatic N) is 7. The van der Waals surface area contributed by atoms with Gasteiger partial charge in [-0.15, -0.1) is 0 Å². The van der Waals surface area contributed by atoms with E-state index in [9.17, 15) is 10.1 Å². The molecule has 2 N–H and O–H groups in total. The van der Waals surface area contributed by atoms with E-state index in [2.05, 4.69) is 49.5 Å². The van der Waals surface area contributed by atoms with Crippen molar-refractivity contribution in [2.24, 2.45) is 0 Å². The van der Waals surface area contributed by atoms with E-state index in [1.165, 1.54) is 19.0 Å². The first-order chi connectivity index (χ1) is 17.5. The summed E-state index contributed by atoms with van der Waals surface area (Å²) in [6.45, 7) is 4.37. The van der Waals surface area contributed by atoms with Crippen molar-refractivity contribution in [3.8, 4) is 6.07 Å². The van der Waals surface area contributed by atoms with E-state index < -0.39 is 0 Å². The SMILES string of the molecule is Cc1nn(C2CC3CCC(C2)N3C)cc1Nc1ncc(C#N)c(NCCCN2CCCCOC2=O)n1. The molecule has 3 fully saturated rings. The predicted octanol–water partition coefficient (Wildman–Crippen LogP) is 3.43. The Balaban J connectivity index is 1.20. The fraction of sp³-hybridized carbons (Fsp3) is 0.640. The monoisotopic (exact) mass is 493 g/mol. The molecule has 2 aromatic heterocycles. The lowest BCUT2D eigenvalue weighted by Gasteiger charge is -2.36. The number of rotatable bonds is 8. The Morgan fingerprint density at radius 3 is 2.81 bits per heavy atom. The van der Waals surface area contributed by atoms with Gasteiger partial charge in [-0.2, -0.15) is 15.3 Å². The lowest BCUT2D eigenvalue weighted by molar-refractivity contribution is 0.116. The van der Waals surface area contributed by atoms with Crippen LogP contribution in [0.25, 0.3) is 0 Å². The summed E-state index contributed by atoms with van der Waals surface area (Å²) in [5.41, 5.74) is 2.15. The molecule has 2 bridgehead atoms. The van der Waals surface area contributed by atoms with E-state index in [1.54, 1.807) is 4.90 Å². The molecular weight excluding hydrogens is 458 g/mol. The number of nitrogens with one attached hydrogen (secondary N) is 2. The minimum absolute atomic E-state index is 0.248. The number of hydrogen-bond acceptors (Lipinski definition) is 9. The second-order valence-corrected chi connectivity index (χ2v) is 10.1. The number of aromatic nitrogens is 4. The van der Waals surface area contributed by atoms with E-state index in [0.717, 1.165) is 50.0 Å². The van der Waals surface area contributed by atoms with E-state index in [0.29, 0.717) is 55.2 Å². The van der Waals surface area contributed by atoms with Crippen LogP contribution in [0.4, 0.5) is 22.2 Å². The van der Waals surface area contributed by atoms with E-state index >= 15 is 0 Å². The molecule has 0 spiro atoms. The summed E-state index contributed by atoms with van der Waals surface area (Å²) < 4.78 is 7.30. The Morgan fingerprint density at radius 1 is 1.22 bits per heavy atom. The number of cyclic esters (lactones) is 1. The average Bonchev–Trinajstić information content (AvgIpc) is 3.21. The highest BCUT2D eigenvalue weighted by atomic mass is 16.6. The molecule has 0 radical (unpaired) electrons. The molecule has 2 atom stereocenters. The van der Waals surface area contributed by atoms with Crippen LogP contribution in [0, 0.1) is 18.3 Å². The van der Waals surface area contributed by atoms with Crippen LogP contribution < -0.4 is 10.6 Å². The third kappa shape index (κ3) is 5.23. The standard InChI is InChI=1S/C25H35N9O2/c1-17-22(16-34(31-17)21-12-19-6-7-20(13-21)32(19)2)29-24-28-15-18(14-26)23(30-24)27-8-5-10-33-9-3-4-11-36-25(33)35/h15-16,19-21H,3-13H2,1-2H3,(H2,27,28,29,30). The number of carbonyl (C=O) groups is 1. The van der Waals surface area contributed by atoms with Crippen molar-refractivity contribution in [2.75, 3.05) is 43.9 Å². The normalized spacial score (nSPS) is 24.2. The molecule has 3 saturated heterocycles. The molecular formula is C25H35N9O2. The highest BCUT2D eigenvalue weighted by molar-refractivity contribution is 5.67. The number of fused-ring (bicyclic) bond motifs is 2. The van der Waals surface area contributed by atoms with Crippen molar-refractivity contribution < 1.29 is 9.53 Å². The van der Waals surface area contributed by atoms with E-state index in [1.807, 2.05) is 6.92 Å². The minimum Gasteiger partial charge on any atom is -0.449 e. The van der Waals surface area contributed by atoms with Gasteiger partial charge in [-0.1, -0.05) is 0 Å². The van der Waals surface area contributed by atoms with Gasteiger partial charge in [0, 0.05) is 37.9 Å². The molecule has 0 aliphatic carbocycles. The smallest absolute Gasteiger partial charge is 0.409 e. The van der Waals surface area contributed by atoms with Crippen LogP contribution in [0.5, 0.6) is 0 Å². The van der Waals surface area contributed by atoms with Crippen molar-refractivity contribution >= 4 is 23.5 Å². The van der Waals surface area contributed by atoms with Crippen LogP contribution in [0.1, 0.15) is 62.2 Å². The van der Waals surface area contributed by atoms with Crippen LogP contribution in [0.2, 0.25) is 0 Å². The first kappa shape index (κ1) is 24.3. The van der Waals surface area contributed by atoms with Crippen molar-refractivity contribution in [1.29, 1.82) is 5.26 Å². The number of hydrogen-bond donors (Lipinski definition) is 2. The van der Waals surface area contributed by atoms with Crippen molar-refractivity contribution in [3.63, 3.8) is 0 Å². The van der Waals surface area contributed by atoms with Crippen LogP contribution in [0.3, 0.4) is 0 Å². The minimum atomic E-state index is -0.248. The molecule has 2 aromatic rings. The van der Waals surface area contributed by atoms with Crippen molar-refractivity contribution in [2.45, 2.75) is 70.0 Å². The number of carbonyl (C=O) groups excluding carboxylic acids is 1. The van der Waals surface area contributed by atoms with Gasteiger partial charge in [0.05, 0.1) is 30.2 Å². The Labute approximate surface area is 211 Å². The van der Waals surface area contributed by atoms with Gasteiger partial charge in [0.2, 0.25) is 5.95 Å². The number of ether oxygens (including phenoxy) is 1. The topological polar surface area (TPSA) is 124 Å². The lowest BCUT2D eigenvalue weighted by atomic mass is 9.98. The summed E-state index contributed by atoms with van der Waals surface area (Å²) in [6.07, 6.45) is 10.7. The predicted molar refractivity (Wildman–Crippen MR) is 135 cm³/mol. The molecule has 2 unspecified atom stereocenters. The molecule has 0 aromatic carbocycles. The molecule has 0 saturated carbocycles. The van der Waals surface area contributed by atoms with Crippen LogP contribution in [-0.2, 0) is 4.74 Å². The number of piperidine rings is 1. The maximum Gasteiger partial charge on any atom is 0.409 e. The van der Waals surface area contributed by atoms with Crippen LogP contribution in [0.15, 0.2) is 12.4 Å². The zero-order valence-corrected chi connectivity index (χ0v) is 21.1. The Morgan fingerprint density at radius 2 is 2.03 bits per heavy atom. The molecule has 36 heavy (non-hydrogen) atoms. The van der Waals surface area contributed by atoms with E-state index in [-0.39, 0.29) is 6.09 Å². The van der Waals surface area contributed by atoms with Gasteiger partial charge >= 0.3 is 6.09 Å². The summed E-state index contributed by atoms with van der Waals surface area (Å²) in [5.74, 6) is 0.893. The van der Waals surface area contributed by atoms with Gasteiger partial charge in [-0.3, -0.25) is 4.68 Å². The number of anilines is 3. The summed E-state index contributed by atoms with van der Waals surface area (Å²) in [7, 11) is 2.25. The highest BCUT2D eigenvalue weighted by Gasteiger charge is 2.39. The molecule has 192 valence electrons. The third-order valence-corrected chi connectivity index (χ3v) is 7.72. The molecule has 1 amide bonds. The average molecular weight is 494 g/mol. The quantitative estimate of drug-likeness (QED) is 0.532. The fourth-order valence-corrected chi connectivity index (χ4v) is 5.60. The Bertz CT molecular complexity index is 1110. The Hall–Kier alpha value is -3.39. The van der Waals surface area contributed by atoms with Gasteiger partial charge in [-0.05, 0) is 58.9 Å². The second kappa shape index (κ2) is 10.7. The Kier molecular flexibility index (Phi) is 7.23. The van der Waals surface area contributed by atoms with Gasteiger partial charge in [0.25, 0.3) is 0 Å². The first-order valence-electron chi connectivity index (χ1n) is 13.0. The van der Waals surface area contributed by atoms with Crippen molar-refractivity contribution in [3.05, 3.63) is 23.7 Å². The van der Waals surface area contributed by atoms with Crippen LogP contribution >= 0.6 is 0 Å². The lowest BCUT2D eigenvalue weighted by Crippen LogP contribution is -2.40. The highest BCUT2D eigenvalue weighted by Crippen LogP contribution is 2.40. The maximum absolute atomic E-state index is 12.0. The number of amides is 1. The van der Waals surface area contributed by atoms with Crippen molar-refractivity contribution in [1.82, 2.24) is 29.5 Å². The molecule has 11 heteroatoms. The van der Waals surface area contributed by atoms with Gasteiger partial charge in [0.15, 0.2) is 0 Å². The fourth-order valence-electron chi connectivity index (χ4n) is 5.60. The van der Waals surface area contributed by atoms with Gasteiger partial charge in [-0.25, -0.2) is 9.78 Å². The second-order valence-electron chi connectivity index (χ2n) is 10.1. The molecule has 3 aliphatic heterocycles.